The first-order valence-corrected chi connectivity index (χ1v) is 5.53. The van der Waals surface area contributed by atoms with E-state index < -0.39 is 29.7 Å². The van der Waals surface area contributed by atoms with Gasteiger partial charge in [-0.05, 0) is 26.0 Å². The van der Waals surface area contributed by atoms with E-state index in [9.17, 15) is 14.4 Å². The molecule has 0 aliphatic carbocycles. The lowest BCUT2D eigenvalue weighted by Crippen LogP contribution is -2.53. The van der Waals surface area contributed by atoms with Gasteiger partial charge in [-0.3, -0.25) is 19.3 Å². The summed E-state index contributed by atoms with van der Waals surface area (Å²) in [5.41, 5.74) is -0.760. The Morgan fingerprint density at radius 3 is 2.00 bits per heavy atom. The molecule has 0 fully saturated rings. The van der Waals surface area contributed by atoms with Crippen molar-refractivity contribution >= 4 is 17.6 Å². The minimum Gasteiger partial charge on any atom is -0.388 e. The highest BCUT2D eigenvalue weighted by atomic mass is 16.3. The highest BCUT2D eigenvalue weighted by Gasteiger charge is 2.47. The highest BCUT2D eigenvalue weighted by molar-refractivity contribution is 6.23. The van der Waals surface area contributed by atoms with Gasteiger partial charge in [0.1, 0.15) is 12.1 Å². The number of amides is 2. The Balaban J connectivity index is 2.49. The third kappa shape index (κ3) is 1.55. The predicted octanol–water partition coefficient (Wildman–Crippen LogP) is 0.623. The third-order valence-corrected chi connectivity index (χ3v) is 3.18. The number of imide groups is 1. The lowest BCUT2D eigenvalue weighted by Gasteiger charge is -2.31. The van der Waals surface area contributed by atoms with Gasteiger partial charge in [-0.25, -0.2) is 0 Å². The molecule has 1 heterocycles. The van der Waals surface area contributed by atoms with Gasteiger partial charge in [0, 0.05) is 0 Å². The van der Waals surface area contributed by atoms with E-state index >= 15 is 0 Å². The third-order valence-electron chi connectivity index (χ3n) is 3.18. The van der Waals surface area contributed by atoms with Gasteiger partial charge in [0.05, 0.1) is 11.1 Å². The normalized spacial score (nSPS) is 14.9. The van der Waals surface area contributed by atoms with Gasteiger partial charge in [-0.1, -0.05) is 12.1 Å². The fourth-order valence-electron chi connectivity index (χ4n) is 2.02. The number of aliphatic hydroxyl groups excluding tert-OH is 1. The van der Waals surface area contributed by atoms with Gasteiger partial charge in [-0.15, -0.1) is 0 Å². The highest BCUT2D eigenvalue weighted by Crippen LogP contribution is 2.29. The number of benzene rings is 1. The second kappa shape index (κ2) is 4.03. The van der Waals surface area contributed by atoms with Crippen LogP contribution in [0.2, 0.25) is 0 Å². The van der Waals surface area contributed by atoms with E-state index in [2.05, 4.69) is 0 Å². The number of fused-ring (bicyclic) bond motifs is 1. The molecule has 1 aliphatic rings. The van der Waals surface area contributed by atoms with E-state index in [4.69, 9.17) is 5.11 Å². The molecule has 0 aromatic heterocycles. The lowest BCUT2D eigenvalue weighted by atomic mass is 9.97. The number of hydrogen-bond donors (Lipinski definition) is 1. The van der Waals surface area contributed by atoms with Crippen LogP contribution in [0.4, 0.5) is 0 Å². The molecule has 0 saturated carbocycles. The van der Waals surface area contributed by atoms with Crippen LogP contribution >= 0.6 is 0 Å². The zero-order valence-electron chi connectivity index (χ0n) is 10.1. The smallest absolute Gasteiger partial charge is 0.262 e. The van der Waals surface area contributed by atoms with Crippen LogP contribution in [0.1, 0.15) is 34.6 Å². The zero-order valence-corrected chi connectivity index (χ0v) is 10.1. The molecule has 0 spiro atoms. The maximum absolute atomic E-state index is 12.1. The number of Topliss-reactive ketones (excluding diaryl/α,β-unsaturated/α-hetero) is 1. The molecule has 18 heavy (non-hydrogen) atoms. The maximum Gasteiger partial charge on any atom is 0.262 e. The summed E-state index contributed by atoms with van der Waals surface area (Å²) in [5, 5.41) is 8.92. The molecule has 0 bridgehead atoms. The molecule has 0 radical (unpaired) electrons. The molecule has 5 nitrogen and oxygen atoms in total. The first-order valence-electron chi connectivity index (χ1n) is 5.53. The SMILES string of the molecule is CC(C)(C(=O)CO)N1C(=O)c2ccccc2C1=O. The standard InChI is InChI=1S/C13H13NO4/c1-13(2,10(16)7-15)14-11(17)8-5-3-4-6-9(8)12(14)18/h3-6,15H,7H2,1-2H3. The minimum atomic E-state index is -1.35. The van der Waals surface area contributed by atoms with Crippen LogP contribution in [-0.4, -0.2) is 39.7 Å². The van der Waals surface area contributed by atoms with Crippen molar-refractivity contribution in [1.82, 2.24) is 4.90 Å². The zero-order chi connectivity index (χ0) is 13.5. The largest absolute Gasteiger partial charge is 0.388 e. The first-order chi connectivity index (χ1) is 8.41. The molecular formula is C13H13NO4. The van der Waals surface area contributed by atoms with Crippen LogP contribution < -0.4 is 0 Å². The van der Waals surface area contributed by atoms with Gasteiger partial charge in [0.15, 0.2) is 5.78 Å². The van der Waals surface area contributed by atoms with E-state index in [1.54, 1.807) is 24.3 Å². The Bertz CT molecular complexity index is 513. The van der Waals surface area contributed by atoms with Gasteiger partial charge >= 0.3 is 0 Å². The summed E-state index contributed by atoms with van der Waals surface area (Å²) < 4.78 is 0. The summed E-state index contributed by atoms with van der Waals surface area (Å²) in [5.74, 6) is -1.57. The average molecular weight is 247 g/mol. The summed E-state index contributed by atoms with van der Waals surface area (Å²) in [6, 6.07) is 6.42. The van der Waals surface area contributed by atoms with Crippen LogP contribution in [0.3, 0.4) is 0 Å². The van der Waals surface area contributed by atoms with Crippen molar-refractivity contribution in [2.24, 2.45) is 0 Å². The van der Waals surface area contributed by atoms with Gasteiger partial charge in [0.25, 0.3) is 11.8 Å². The summed E-state index contributed by atoms with van der Waals surface area (Å²) in [6.07, 6.45) is 0. The summed E-state index contributed by atoms with van der Waals surface area (Å²) in [6.45, 7) is 2.20. The molecular weight excluding hydrogens is 234 g/mol. The fourth-order valence-corrected chi connectivity index (χ4v) is 2.02. The van der Waals surface area contributed by atoms with E-state index in [0.717, 1.165) is 4.90 Å². The molecule has 0 atom stereocenters. The Kier molecular flexibility index (Phi) is 2.78. The Labute approximate surface area is 104 Å². The predicted molar refractivity (Wildman–Crippen MR) is 63.1 cm³/mol. The van der Waals surface area contributed by atoms with Crippen LogP contribution in [-0.2, 0) is 4.79 Å². The monoisotopic (exact) mass is 247 g/mol. The van der Waals surface area contributed by atoms with Crippen molar-refractivity contribution in [3.8, 4) is 0 Å². The van der Waals surface area contributed by atoms with Gasteiger partial charge in [-0.2, -0.15) is 0 Å². The maximum atomic E-state index is 12.1. The van der Waals surface area contributed by atoms with E-state index in [0.29, 0.717) is 11.1 Å². The molecule has 1 aromatic carbocycles. The van der Waals surface area contributed by atoms with Crippen LogP contribution in [0.25, 0.3) is 0 Å². The number of aliphatic hydroxyl groups is 1. The van der Waals surface area contributed by atoms with Crippen molar-refractivity contribution in [3.05, 3.63) is 35.4 Å². The molecule has 0 unspecified atom stereocenters. The van der Waals surface area contributed by atoms with E-state index in [1.807, 2.05) is 0 Å². The van der Waals surface area contributed by atoms with E-state index in [-0.39, 0.29) is 0 Å². The summed E-state index contributed by atoms with van der Waals surface area (Å²) in [4.78, 5) is 36.9. The van der Waals surface area contributed by atoms with Crippen LogP contribution in [0, 0.1) is 0 Å². The second-order valence-electron chi connectivity index (χ2n) is 4.63. The molecule has 94 valence electrons. The number of rotatable bonds is 3. The second-order valence-corrected chi connectivity index (χ2v) is 4.63. The fraction of sp³-hybridized carbons (Fsp3) is 0.308. The average Bonchev–Trinajstić information content (AvgIpc) is 2.62. The van der Waals surface area contributed by atoms with Crippen molar-refractivity contribution in [1.29, 1.82) is 0 Å². The molecule has 5 heteroatoms. The molecule has 1 aromatic rings. The molecule has 0 saturated heterocycles. The van der Waals surface area contributed by atoms with Crippen molar-refractivity contribution in [2.45, 2.75) is 19.4 Å². The lowest BCUT2D eigenvalue weighted by molar-refractivity contribution is -0.129. The minimum absolute atomic E-state index is 0.293. The van der Waals surface area contributed by atoms with Crippen molar-refractivity contribution in [3.63, 3.8) is 0 Å². The number of nitrogens with zero attached hydrogens (tertiary/aromatic N) is 1. The number of hydrogen-bond acceptors (Lipinski definition) is 4. The van der Waals surface area contributed by atoms with Crippen molar-refractivity contribution < 1.29 is 19.5 Å². The molecule has 1 aliphatic heterocycles. The Morgan fingerprint density at radius 2 is 1.61 bits per heavy atom. The first kappa shape index (κ1) is 12.4. The summed E-state index contributed by atoms with van der Waals surface area (Å²) in [7, 11) is 0. The summed E-state index contributed by atoms with van der Waals surface area (Å²) >= 11 is 0. The molecule has 1 N–H and O–H groups in total. The number of carbonyl (C=O) groups is 3. The quantitative estimate of drug-likeness (QED) is 0.795. The van der Waals surface area contributed by atoms with Crippen molar-refractivity contribution in [2.75, 3.05) is 6.61 Å². The molecule has 2 amide bonds. The number of ketones is 1. The Hall–Kier alpha value is -2.01. The number of carbonyl (C=O) groups excluding carboxylic acids is 3. The van der Waals surface area contributed by atoms with Crippen LogP contribution in [0.15, 0.2) is 24.3 Å². The van der Waals surface area contributed by atoms with Gasteiger partial charge in [0.2, 0.25) is 0 Å². The Morgan fingerprint density at radius 1 is 1.17 bits per heavy atom. The van der Waals surface area contributed by atoms with Gasteiger partial charge < -0.3 is 5.11 Å². The topological polar surface area (TPSA) is 74.7 Å². The molecule has 2 rings (SSSR count). The van der Waals surface area contributed by atoms with Crippen LogP contribution in [0.5, 0.6) is 0 Å². The van der Waals surface area contributed by atoms with E-state index in [1.165, 1.54) is 13.8 Å².